The van der Waals surface area contributed by atoms with Crippen LogP contribution in [0, 0.1) is 17.8 Å². The molecular formula is C42H90O9Si8. The first-order chi connectivity index (χ1) is 27.1. The van der Waals surface area contributed by atoms with E-state index in [2.05, 4.69) is 98.6 Å². The van der Waals surface area contributed by atoms with Crippen molar-refractivity contribution in [3.05, 3.63) is 0 Å². The summed E-state index contributed by atoms with van der Waals surface area (Å²) in [7, 11) is -19.1. The number of ether oxygens (including phenoxy) is 3. The van der Waals surface area contributed by atoms with Crippen molar-refractivity contribution in [2.45, 2.75) is 249 Å². The van der Waals surface area contributed by atoms with Gasteiger partial charge in [-0.1, -0.05) is 26.2 Å². The molecule has 344 valence electrons. The fourth-order valence-corrected chi connectivity index (χ4v) is 46.7. The topological polar surface area (TPSA) is 93.0 Å². The number of fused-ring (bicyclic) bond motifs is 3. The third-order valence-corrected chi connectivity index (χ3v) is 45.4. The van der Waals surface area contributed by atoms with Crippen LogP contribution in [0.2, 0.25) is 128 Å². The summed E-state index contributed by atoms with van der Waals surface area (Å²) in [6.45, 7) is 35.7. The normalized spacial score (nSPS) is 32.5. The molecule has 59 heavy (non-hydrogen) atoms. The van der Waals surface area contributed by atoms with Crippen LogP contribution in [0.4, 0.5) is 0 Å². The van der Waals surface area contributed by atoms with Gasteiger partial charge in [-0.15, -0.1) is 0 Å². The standard InChI is InChI=1S/C42H90O9Si8/c1-16-52(2,3)46-58(14,15)47-56(10,11)29-30-57(12,13)51-59(48-53(4,5)26-23-34-17-20-37-40(31-34)43-37,49-54(6,7)27-24-35-18-21-38-41(32-35)44-38)50-55(8,9)28-25-36-19-22-39-42(33-36)45-39/h34-42H,16-33H2,1-15H3. The van der Waals surface area contributed by atoms with Crippen molar-refractivity contribution >= 4 is 67.5 Å². The van der Waals surface area contributed by atoms with Gasteiger partial charge in [-0.2, -0.15) is 0 Å². The summed E-state index contributed by atoms with van der Waals surface area (Å²) >= 11 is 0. The molecule has 17 heteroatoms. The molecule has 3 heterocycles. The molecule has 0 radical (unpaired) electrons. The van der Waals surface area contributed by atoms with Gasteiger partial charge >= 0.3 is 17.6 Å². The highest BCUT2D eigenvalue weighted by Gasteiger charge is 2.59. The van der Waals surface area contributed by atoms with Crippen molar-refractivity contribution in [2.75, 3.05) is 0 Å². The molecule has 3 saturated heterocycles. The van der Waals surface area contributed by atoms with Gasteiger partial charge in [0.1, 0.15) is 0 Å². The van der Waals surface area contributed by atoms with Gasteiger partial charge in [-0.25, -0.2) is 0 Å². The maximum Gasteiger partial charge on any atom is 0.636 e. The zero-order valence-corrected chi connectivity index (χ0v) is 48.6. The SMILES string of the molecule is CC[Si](C)(C)O[Si](C)(C)O[Si](C)(C)CC[Si](C)(C)O[Si](O[Si](C)(C)CCC1CCC2OC2C1)(O[Si](C)(C)CCC1CCC2OC2C1)O[Si](C)(C)CCC1CCC2OC2C1. The Morgan fingerprint density at radius 3 is 0.949 bits per heavy atom. The van der Waals surface area contributed by atoms with E-state index < -0.39 is 67.5 Å². The van der Waals surface area contributed by atoms with E-state index in [1.165, 1.54) is 77.0 Å². The second-order valence-electron chi connectivity index (χ2n) is 24.2. The van der Waals surface area contributed by atoms with Gasteiger partial charge in [0.05, 0.1) is 36.6 Å². The van der Waals surface area contributed by atoms with Crippen molar-refractivity contribution in [3.8, 4) is 0 Å². The van der Waals surface area contributed by atoms with Gasteiger partial charge in [0.25, 0.3) is 0 Å². The van der Waals surface area contributed by atoms with Crippen LogP contribution in [-0.2, 0) is 38.9 Å². The summed E-state index contributed by atoms with van der Waals surface area (Å²) in [5, 5.41) is 0. The lowest BCUT2D eigenvalue weighted by Gasteiger charge is -2.47. The van der Waals surface area contributed by atoms with Crippen molar-refractivity contribution < 1.29 is 38.9 Å². The Morgan fingerprint density at radius 2 is 0.644 bits per heavy atom. The van der Waals surface area contributed by atoms with Crippen molar-refractivity contribution in [1.82, 2.24) is 0 Å². The van der Waals surface area contributed by atoms with Gasteiger partial charge in [-0.3, -0.25) is 0 Å². The Morgan fingerprint density at radius 1 is 0.356 bits per heavy atom. The summed E-state index contributed by atoms with van der Waals surface area (Å²) in [6, 6.07) is 6.46. The minimum atomic E-state index is -3.66. The predicted octanol–water partition coefficient (Wildman–Crippen LogP) is 12.3. The average Bonchev–Trinajstić information content (AvgIpc) is 3.99. The molecule has 0 spiro atoms. The van der Waals surface area contributed by atoms with Gasteiger partial charge in [0.2, 0.25) is 0 Å². The largest absolute Gasteiger partial charge is 0.636 e. The van der Waals surface area contributed by atoms with Gasteiger partial charge in [0, 0.05) is 0 Å². The van der Waals surface area contributed by atoms with Crippen LogP contribution in [0.3, 0.4) is 0 Å². The number of rotatable bonds is 25. The summed E-state index contributed by atoms with van der Waals surface area (Å²) < 4.78 is 63.0. The molecule has 0 aromatic rings. The molecule has 0 N–H and O–H groups in total. The van der Waals surface area contributed by atoms with Gasteiger partial charge in [-0.05, 0) is 203 Å². The molecule has 3 saturated carbocycles. The Balaban J connectivity index is 1.22. The third-order valence-electron chi connectivity index (χ3n) is 14.6. The second kappa shape index (κ2) is 18.9. The second-order valence-corrected chi connectivity index (χ2v) is 57.2. The van der Waals surface area contributed by atoms with E-state index >= 15 is 0 Å². The minimum absolute atomic E-state index is 0.508. The first kappa shape index (κ1) is 49.8. The summed E-state index contributed by atoms with van der Waals surface area (Å²) in [6.07, 6.45) is 17.9. The Hall–Kier alpha value is 1.38. The monoisotopic (exact) mass is 962 g/mol. The molecule has 3 aliphatic heterocycles. The molecule has 6 fully saturated rings. The first-order valence-electron chi connectivity index (χ1n) is 24.3. The lowest BCUT2D eigenvalue weighted by molar-refractivity contribution is 0.143. The molecule has 0 aromatic heterocycles. The van der Waals surface area contributed by atoms with E-state index in [1.54, 1.807) is 0 Å². The zero-order chi connectivity index (χ0) is 43.3. The fraction of sp³-hybridized carbons (Fsp3) is 1.00. The van der Waals surface area contributed by atoms with E-state index in [4.69, 9.17) is 38.9 Å². The van der Waals surface area contributed by atoms with Crippen LogP contribution in [0.25, 0.3) is 0 Å². The molecule has 0 amide bonds. The Labute approximate surface area is 370 Å². The third kappa shape index (κ3) is 16.0. The summed E-state index contributed by atoms with van der Waals surface area (Å²) in [5.41, 5.74) is 0. The highest BCUT2D eigenvalue weighted by molar-refractivity contribution is 6.93. The van der Waals surface area contributed by atoms with E-state index in [9.17, 15) is 0 Å². The lowest BCUT2D eigenvalue weighted by Crippen LogP contribution is -2.67. The molecule has 0 bridgehead atoms. The maximum atomic E-state index is 7.81. The maximum absolute atomic E-state index is 7.81. The quantitative estimate of drug-likeness (QED) is 0.0655. The van der Waals surface area contributed by atoms with Gasteiger partial charge < -0.3 is 38.9 Å². The molecular weight excluding hydrogens is 873 g/mol. The first-order valence-corrected chi connectivity index (χ1v) is 47.5. The van der Waals surface area contributed by atoms with E-state index in [0.717, 1.165) is 54.0 Å². The molecule has 0 aromatic carbocycles. The zero-order valence-electron chi connectivity index (χ0n) is 40.6. The predicted molar refractivity (Wildman–Crippen MR) is 261 cm³/mol. The molecule has 6 aliphatic rings. The minimum Gasteiger partial charge on any atom is -0.437 e. The van der Waals surface area contributed by atoms with Crippen LogP contribution >= 0.6 is 0 Å². The number of epoxide rings is 3. The average molecular weight is 964 g/mol. The van der Waals surface area contributed by atoms with E-state index in [1.807, 2.05) is 0 Å². The van der Waals surface area contributed by atoms with E-state index in [0.29, 0.717) is 36.6 Å². The summed E-state index contributed by atoms with van der Waals surface area (Å²) in [4.78, 5) is 0. The summed E-state index contributed by atoms with van der Waals surface area (Å²) in [5.74, 6) is 2.17. The molecule has 3 aliphatic carbocycles. The smallest absolute Gasteiger partial charge is 0.437 e. The Bertz CT molecular complexity index is 1290. The highest BCUT2D eigenvalue weighted by Crippen LogP contribution is 2.45. The van der Waals surface area contributed by atoms with Crippen molar-refractivity contribution in [3.63, 3.8) is 0 Å². The molecule has 9 nitrogen and oxygen atoms in total. The Kier molecular flexibility index (Phi) is 16.0. The van der Waals surface area contributed by atoms with Crippen molar-refractivity contribution in [2.24, 2.45) is 17.8 Å². The number of hydrogen-bond donors (Lipinski definition) is 0. The number of hydrogen-bond acceptors (Lipinski definition) is 9. The highest BCUT2D eigenvalue weighted by atomic mass is 28.5. The fourth-order valence-electron chi connectivity index (χ4n) is 10.7. The van der Waals surface area contributed by atoms with Crippen LogP contribution in [-0.4, -0.2) is 104 Å². The molecule has 9 unspecified atom stereocenters. The molecule has 6 rings (SSSR count). The van der Waals surface area contributed by atoms with Crippen molar-refractivity contribution in [1.29, 1.82) is 0 Å². The lowest BCUT2D eigenvalue weighted by atomic mass is 9.88. The van der Waals surface area contributed by atoms with Crippen LogP contribution < -0.4 is 0 Å². The van der Waals surface area contributed by atoms with Crippen LogP contribution in [0.15, 0.2) is 0 Å². The van der Waals surface area contributed by atoms with Crippen LogP contribution in [0.5, 0.6) is 0 Å². The molecule has 9 atom stereocenters. The van der Waals surface area contributed by atoms with Crippen LogP contribution in [0.1, 0.15) is 84.0 Å². The van der Waals surface area contributed by atoms with E-state index in [-0.39, 0.29) is 0 Å². The van der Waals surface area contributed by atoms with Gasteiger partial charge in [0.15, 0.2) is 49.9 Å².